The van der Waals surface area contributed by atoms with E-state index in [0.717, 1.165) is 39.7 Å². The van der Waals surface area contributed by atoms with Crippen molar-refractivity contribution in [2.75, 3.05) is 5.32 Å². The molecule has 0 spiro atoms. The van der Waals surface area contributed by atoms with Crippen LogP contribution in [0.5, 0.6) is 0 Å². The van der Waals surface area contributed by atoms with Gasteiger partial charge in [-0.1, -0.05) is 26.8 Å². The molecule has 0 saturated heterocycles. The number of hydrogen-bond donors (Lipinski definition) is 1. The maximum Gasteiger partial charge on any atom is 0.433 e. The molecule has 28 heavy (non-hydrogen) atoms. The fourth-order valence-electron chi connectivity index (χ4n) is 2.68. The second-order valence-corrected chi connectivity index (χ2v) is 8.95. The fraction of sp³-hybridized carbons (Fsp3) is 0.350. The molecule has 2 aromatic heterocycles. The number of aryl methyl sites for hydroxylation is 1. The van der Waals surface area contributed by atoms with Crippen LogP contribution in [0.4, 0.5) is 24.8 Å². The number of nitrogens with one attached hydrogen (secondary N) is 1. The highest BCUT2D eigenvalue weighted by Gasteiger charge is 2.32. The summed E-state index contributed by atoms with van der Waals surface area (Å²) >= 11 is 1.62. The summed E-state index contributed by atoms with van der Waals surface area (Å²) < 4.78 is 38.6. The Balaban J connectivity index is 1.87. The van der Waals surface area contributed by atoms with Crippen LogP contribution in [0, 0.1) is 12.3 Å². The van der Waals surface area contributed by atoms with E-state index in [2.05, 4.69) is 41.0 Å². The summed E-state index contributed by atoms with van der Waals surface area (Å²) in [5.41, 5.74) is 1.71. The van der Waals surface area contributed by atoms with Gasteiger partial charge in [-0.15, -0.1) is 11.3 Å². The summed E-state index contributed by atoms with van der Waals surface area (Å²) in [6.07, 6.45) is -0.697. The molecule has 148 valence electrons. The largest absolute Gasteiger partial charge is 0.433 e. The molecule has 0 amide bonds. The van der Waals surface area contributed by atoms with Gasteiger partial charge in [0.2, 0.25) is 5.95 Å². The predicted octanol–water partition coefficient (Wildman–Crippen LogP) is 6.26. The first-order chi connectivity index (χ1) is 13.0. The standard InChI is InChI=1S/C20H21F3N4S/c1-12-7-13(15-11-25-17(28-15)10-19(2,3)4)9-14(8-12)26-18-24-6-5-16(27-18)20(21,22)23/h5-9,11H,10H2,1-4H3,(H,24,26,27). The molecule has 0 aliphatic carbocycles. The van der Waals surface area contributed by atoms with Crippen LogP contribution in [0.2, 0.25) is 0 Å². The SMILES string of the molecule is Cc1cc(Nc2nccc(C(F)(F)F)n2)cc(-c2cnc(CC(C)(C)C)s2)c1. The predicted molar refractivity (Wildman–Crippen MR) is 106 cm³/mol. The quantitative estimate of drug-likeness (QED) is 0.556. The lowest BCUT2D eigenvalue weighted by atomic mass is 9.93. The van der Waals surface area contributed by atoms with Crippen molar-refractivity contribution in [3.8, 4) is 10.4 Å². The van der Waals surface area contributed by atoms with E-state index in [1.54, 1.807) is 11.3 Å². The molecular weight excluding hydrogens is 385 g/mol. The summed E-state index contributed by atoms with van der Waals surface area (Å²) in [6, 6.07) is 6.57. The minimum Gasteiger partial charge on any atom is -0.324 e. The molecule has 0 fully saturated rings. The first-order valence-electron chi connectivity index (χ1n) is 8.74. The van der Waals surface area contributed by atoms with Crippen LogP contribution >= 0.6 is 11.3 Å². The molecule has 0 bridgehead atoms. The smallest absolute Gasteiger partial charge is 0.324 e. The van der Waals surface area contributed by atoms with E-state index in [1.165, 1.54) is 0 Å². The van der Waals surface area contributed by atoms with Crippen molar-refractivity contribution in [1.82, 2.24) is 15.0 Å². The Hall–Kier alpha value is -2.48. The van der Waals surface area contributed by atoms with E-state index in [1.807, 2.05) is 31.3 Å². The van der Waals surface area contributed by atoms with E-state index in [9.17, 15) is 13.2 Å². The van der Waals surface area contributed by atoms with Crippen LogP contribution < -0.4 is 5.32 Å². The topological polar surface area (TPSA) is 50.7 Å². The second kappa shape index (κ2) is 7.50. The summed E-state index contributed by atoms with van der Waals surface area (Å²) in [6.45, 7) is 8.42. The van der Waals surface area contributed by atoms with Crippen molar-refractivity contribution in [2.24, 2.45) is 5.41 Å². The Labute approximate surface area is 165 Å². The minimum absolute atomic E-state index is 0.0934. The number of halogens is 3. The molecule has 1 aromatic carbocycles. The second-order valence-electron chi connectivity index (χ2n) is 7.83. The molecule has 0 atom stereocenters. The number of benzene rings is 1. The van der Waals surface area contributed by atoms with Crippen molar-refractivity contribution in [3.63, 3.8) is 0 Å². The lowest BCUT2D eigenvalue weighted by Gasteiger charge is -2.15. The summed E-state index contributed by atoms with van der Waals surface area (Å²) in [7, 11) is 0. The maximum absolute atomic E-state index is 12.9. The van der Waals surface area contributed by atoms with Crippen LogP contribution in [0.25, 0.3) is 10.4 Å². The highest BCUT2D eigenvalue weighted by molar-refractivity contribution is 7.15. The number of aromatic nitrogens is 3. The highest BCUT2D eigenvalue weighted by Crippen LogP contribution is 2.33. The Kier molecular flexibility index (Phi) is 5.43. The third-order valence-corrected chi connectivity index (χ3v) is 4.85. The van der Waals surface area contributed by atoms with Gasteiger partial charge in [0, 0.05) is 24.5 Å². The zero-order chi connectivity index (χ0) is 20.5. The Morgan fingerprint density at radius 2 is 1.82 bits per heavy atom. The van der Waals surface area contributed by atoms with Gasteiger partial charge in [0.25, 0.3) is 0 Å². The van der Waals surface area contributed by atoms with Gasteiger partial charge < -0.3 is 5.32 Å². The minimum atomic E-state index is -4.51. The molecule has 2 heterocycles. The Morgan fingerprint density at radius 3 is 2.50 bits per heavy atom. The third-order valence-electron chi connectivity index (χ3n) is 3.80. The van der Waals surface area contributed by atoms with Crippen LogP contribution in [-0.4, -0.2) is 15.0 Å². The average Bonchev–Trinajstić information content (AvgIpc) is 3.00. The van der Waals surface area contributed by atoms with Gasteiger partial charge in [-0.25, -0.2) is 15.0 Å². The number of rotatable bonds is 4. The molecular formula is C20H21F3N4S. The monoisotopic (exact) mass is 406 g/mol. The maximum atomic E-state index is 12.9. The molecule has 8 heteroatoms. The first-order valence-corrected chi connectivity index (χ1v) is 9.55. The van der Waals surface area contributed by atoms with E-state index in [-0.39, 0.29) is 11.4 Å². The van der Waals surface area contributed by atoms with E-state index in [0.29, 0.717) is 5.69 Å². The van der Waals surface area contributed by atoms with Gasteiger partial charge in [-0.3, -0.25) is 0 Å². The molecule has 0 aliphatic rings. The van der Waals surface area contributed by atoms with Gasteiger partial charge in [-0.05, 0) is 41.7 Å². The van der Waals surface area contributed by atoms with Gasteiger partial charge in [-0.2, -0.15) is 13.2 Å². The fourth-order valence-corrected chi connectivity index (χ4v) is 3.89. The summed E-state index contributed by atoms with van der Waals surface area (Å²) in [4.78, 5) is 13.0. The molecule has 1 N–H and O–H groups in total. The number of alkyl halides is 3. The number of nitrogens with zero attached hydrogens (tertiary/aromatic N) is 3. The molecule has 3 rings (SSSR count). The van der Waals surface area contributed by atoms with Crippen molar-refractivity contribution in [3.05, 3.63) is 52.9 Å². The lowest BCUT2D eigenvalue weighted by molar-refractivity contribution is -0.141. The van der Waals surface area contributed by atoms with Gasteiger partial charge in [0.15, 0.2) is 0 Å². The van der Waals surface area contributed by atoms with Crippen molar-refractivity contribution in [2.45, 2.75) is 40.3 Å². The highest BCUT2D eigenvalue weighted by atomic mass is 32.1. The first kappa shape index (κ1) is 20.3. The van der Waals surface area contributed by atoms with Crippen LogP contribution in [0.3, 0.4) is 0 Å². The zero-order valence-electron chi connectivity index (χ0n) is 16.1. The number of thiazole rings is 1. The summed E-state index contributed by atoms with van der Waals surface area (Å²) in [5.74, 6) is -0.0934. The molecule has 3 aromatic rings. The molecule has 0 radical (unpaired) electrons. The number of anilines is 2. The third kappa shape index (κ3) is 5.28. The summed E-state index contributed by atoms with van der Waals surface area (Å²) in [5, 5.41) is 3.93. The van der Waals surface area contributed by atoms with Gasteiger partial charge >= 0.3 is 6.18 Å². The normalized spacial score (nSPS) is 12.2. The zero-order valence-corrected chi connectivity index (χ0v) is 16.9. The van der Waals surface area contributed by atoms with Crippen LogP contribution in [0.1, 0.15) is 37.0 Å². The lowest BCUT2D eigenvalue weighted by Crippen LogP contribution is -2.10. The van der Waals surface area contributed by atoms with Crippen LogP contribution in [0.15, 0.2) is 36.7 Å². The van der Waals surface area contributed by atoms with Crippen molar-refractivity contribution >= 4 is 23.0 Å². The molecule has 0 saturated carbocycles. The average molecular weight is 406 g/mol. The Morgan fingerprint density at radius 1 is 1.07 bits per heavy atom. The molecule has 0 aliphatic heterocycles. The van der Waals surface area contributed by atoms with Crippen molar-refractivity contribution in [1.29, 1.82) is 0 Å². The van der Waals surface area contributed by atoms with E-state index >= 15 is 0 Å². The van der Waals surface area contributed by atoms with Crippen LogP contribution in [-0.2, 0) is 12.6 Å². The van der Waals surface area contributed by atoms with E-state index in [4.69, 9.17) is 0 Å². The van der Waals surface area contributed by atoms with Crippen molar-refractivity contribution < 1.29 is 13.2 Å². The van der Waals surface area contributed by atoms with Gasteiger partial charge in [0.1, 0.15) is 5.69 Å². The van der Waals surface area contributed by atoms with E-state index < -0.39 is 11.9 Å². The molecule has 4 nitrogen and oxygen atoms in total. The van der Waals surface area contributed by atoms with Gasteiger partial charge in [0.05, 0.1) is 9.88 Å². The Bertz CT molecular complexity index is 974. The molecule has 0 unspecified atom stereocenters. The number of hydrogen-bond acceptors (Lipinski definition) is 5.